The molecule has 0 spiro atoms. The standard InChI is InChI=1S/C15H23NO3/c1-4-14(15(17)18-6-3)19-13-9-7-12(8-10-13)11-16-5-2/h7-10,14,16H,4-6,11H2,1-3H3. The Bertz CT molecular complexity index is 375. The molecule has 0 fully saturated rings. The lowest BCUT2D eigenvalue weighted by molar-refractivity contribution is -0.151. The Morgan fingerprint density at radius 2 is 1.89 bits per heavy atom. The van der Waals surface area contributed by atoms with Crippen molar-refractivity contribution in [3.63, 3.8) is 0 Å². The summed E-state index contributed by atoms with van der Waals surface area (Å²) in [7, 11) is 0. The lowest BCUT2D eigenvalue weighted by Gasteiger charge is -2.16. The first-order chi connectivity index (χ1) is 9.21. The molecule has 0 aliphatic heterocycles. The van der Waals surface area contributed by atoms with Crippen molar-refractivity contribution >= 4 is 5.97 Å². The molecule has 0 bridgehead atoms. The molecule has 1 rings (SSSR count). The Hall–Kier alpha value is -1.55. The van der Waals surface area contributed by atoms with Crippen LogP contribution in [-0.2, 0) is 16.1 Å². The van der Waals surface area contributed by atoms with Crippen LogP contribution in [0.2, 0.25) is 0 Å². The second kappa shape index (κ2) is 8.53. The van der Waals surface area contributed by atoms with Gasteiger partial charge < -0.3 is 14.8 Å². The molecule has 0 saturated heterocycles. The topological polar surface area (TPSA) is 47.6 Å². The molecule has 1 aromatic rings. The van der Waals surface area contributed by atoms with Gasteiger partial charge in [-0.15, -0.1) is 0 Å². The number of benzene rings is 1. The first-order valence-electron chi connectivity index (χ1n) is 6.84. The Balaban J connectivity index is 2.57. The number of carbonyl (C=O) groups is 1. The van der Waals surface area contributed by atoms with Gasteiger partial charge in [-0.2, -0.15) is 0 Å². The van der Waals surface area contributed by atoms with Gasteiger partial charge in [0.25, 0.3) is 0 Å². The maximum atomic E-state index is 11.6. The predicted octanol–water partition coefficient (Wildman–Crippen LogP) is 2.52. The van der Waals surface area contributed by atoms with Crippen molar-refractivity contribution < 1.29 is 14.3 Å². The largest absolute Gasteiger partial charge is 0.479 e. The summed E-state index contributed by atoms with van der Waals surface area (Å²) in [5, 5.41) is 3.26. The number of carbonyl (C=O) groups excluding carboxylic acids is 1. The van der Waals surface area contributed by atoms with Gasteiger partial charge in [0, 0.05) is 6.54 Å². The summed E-state index contributed by atoms with van der Waals surface area (Å²) in [6, 6.07) is 7.76. The van der Waals surface area contributed by atoms with Crippen molar-refractivity contribution in [3.8, 4) is 5.75 Å². The van der Waals surface area contributed by atoms with E-state index in [0.29, 0.717) is 18.8 Å². The zero-order valence-electron chi connectivity index (χ0n) is 11.9. The van der Waals surface area contributed by atoms with Crippen molar-refractivity contribution in [2.24, 2.45) is 0 Å². The molecule has 1 atom stereocenters. The van der Waals surface area contributed by atoms with Gasteiger partial charge in [-0.25, -0.2) is 4.79 Å². The molecule has 1 N–H and O–H groups in total. The average Bonchev–Trinajstić information content (AvgIpc) is 2.44. The average molecular weight is 265 g/mol. The van der Waals surface area contributed by atoms with Gasteiger partial charge in [0.05, 0.1) is 6.61 Å². The van der Waals surface area contributed by atoms with E-state index in [-0.39, 0.29) is 5.97 Å². The van der Waals surface area contributed by atoms with E-state index >= 15 is 0 Å². The molecule has 0 aliphatic rings. The first kappa shape index (κ1) is 15.5. The minimum absolute atomic E-state index is 0.304. The number of ether oxygens (including phenoxy) is 2. The Morgan fingerprint density at radius 3 is 2.42 bits per heavy atom. The third kappa shape index (κ3) is 5.30. The van der Waals surface area contributed by atoms with Crippen LogP contribution in [0.25, 0.3) is 0 Å². The Labute approximate surface area is 115 Å². The summed E-state index contributed by atoms with van der Waals surface area (Å²) in [5.41, 5.74) is 1.19. The summed E-state index contributed by atoms with van der Waals surface area (Å²) in [4.78, 5) is 11.6. The molecule has 1 aromatic carbocycles. The van der Waals surface area contributed by atoms with E-state index in [4.69, 9.17) is 9.47 Å². The maximum absolute atomic E-state index is 11.6. The highest BCUT2D eigenvalue weighted by Gasteiger charge is 2.19. The number of nitrogens with one attached hydrogen (secondary N) is 1. The molecule has 106 valence electrons. The summed E-state index contributed by atoms with van der Waals surface area (Å²) in [6.45, 7) is 7.93. The van der Waals surface area contributed by atoms with Crippen LogP contribution in [0.5, 0.6) is 5.75 Å². The summed E-state index contributed by atoms with van der Waals surface area (Å²) < 4.78 is 10.6. The SMILES string of the molecule is CCNCc1ccc(OC(CC)C(=O)OCC)cc1. The second-order valence-corrected chi connectivity index (χ2v) is 4.19. The number of hydrogen-bond donors (Lipinski definition) is 1. The fourth-order valence-corrected chi connectivity index (χ4v) is 1.65. The quantitative estimate of drug-likeness (QED) is 0.734. The van der Waals surface area contributed by atoms with Crippen LogP contribution in [-0.4, -0.2) is 25.2 Å². The van der Waals surface area contributed by atoms with Gasteiger partial charge in [0.15, 0.2) is 6.10 Å². The molecule has 19 heavy (non-hydrogen) atoms. The zero-order valence-corrected chi connectivity index (χ0v) is 11.9. The molecule has 0 radical (unpaired) electrons. The minimum atomic E-state index is -0.528. The van der Waals surface area contributed by atoms with Crippen LogP contribution in [0.3, 0.4) is 0 Å². The highest BCUT2D eigenvalue weighted by molar-refractivity contribution is 5.75. The van der Waals surface area contributed by atoms with Crippen LogP contribution < -0.4 is 10.1 Å². The molecule has 0 heterocycles. The lowest BCUT2D eigenvalue weighted by Crippen LogP contribution is -2.28. The second-order valence-electron chi connectivity index (χ2n) is 4.19. The fraction of sp³-hybridized carbons (Fsp3) is 0.533. The summed E-state index contributed by atoms with van der Waals surface area (Å²) in [6.07, 6.45) is 0.0670. The highest BCUT2D eigenvalue weighted by Crippen LogP contribution is 2.15. The van der Waals surface area contributed by atoms with Gasteiger partial charge in [0.2, 0.25) is 0 Å². The predicted molar refractivity (Wildman–Crippen MR) is 75.2 cm³/mol. The van der Waals surface area contributed by atoms with E-state index in [0.717, 1.165) is 13.1 Å². The highest BCUT2D eigenvalue weighted by atomic mass is 16.6. The third-order valence-corrected chi connectivity index (χ3v) is 2.70. The van der Waals surface area contributed by atoms with Crippen molar-refractivity contribution in [2.45, 2.75) is 39.8 Å². The van der Waals surface area contributed by atoms with Crippen LogP contribution in [0.1, 0.15) is 32.8 Å². The number of rotatable bonds is 8. The molecule has 0 aliphatic carbocycles. The maximum Gasteiger partial charge on any atom is 0.347 e. The molecule has 0 aromatic heterocycles. The third-order valence-electron chi connectivity index (χ3n) is 2.70. The molecule has 4 heteroatoms. The molecular formula is C15H23NO3. The molecular weight excluding hydrogens is 242 g/mol. The molecule has 0 amide bonds. The van der Waals surface area contributed by atoms with E-state index in [1.807, 2.05) is 31.2 Å². The van der Waals surface area contributed by atoms with Gasteiger partial charge in [0.1, 0.15) is 5.75 Å². The molecule has 1 unspecified atom stereocenters. The van der Waals surface area contributed by atoms with Crippen molar-refractivity contribution in [1.82, 2.24) is 5.32 Å². The van der Waals surface area contributed by atoms with Crippen molar-refractivity contribution in [3.05, 3.63) is 29.8 Å². The van der Waals surface area contributed by atoms with Gasteiger partial charge in [-0.3, -0.25) is 0 Å². The fourth-order valence-electron chi connectivity index (χ4n) is 1.65. The zero-order chi connectivity index (χ0) is 14.1. The van der Waals surface area contributed by atoms with Gasteiger partial charge in [-0.05, 0) is 37.6 Å². The van der Waals surface area contributed by atoms with Crippen LogP contribution in [0.4, 0.5) is 0 Å². The van der Waals surface area contributed by atoms with E-state index in [2.05, 4.69) is 12.2 Å². The normalized spacial score (nSPS) is 11.9. The molecule has 4 nitrogen and oxygen atoms in total. The van der Waals surface area contributed by atoms with Gasteiger partial charge in [-0.1, -0.05) is 26.0 Å². The van der Waals surface area contributed by atoms with E-state index in [1.165, 1.54) is 5.56 Å². The monoisotopic (exact) mass is 265 g/mol. The van der Waals surface area contributed by atoms with Crippen LogP contribution >= 0.6 is 0 Å². The Kier molecular flexibility index (Phi) is 6.97. The van der Waals surface area contributed by atoms with E-state index in [9.17, 15) is 4.79 Å². The lowest BCUT2D eigenvalue weighted by atomic mass is 10.2. The number of esters is 1. The summed E-state index contributed by atoms with van der Waals surface area (Å²) >= 11 is 0. The number of hydrogen-bond acceptors (Lipinski definition) is 4. The smallest absolute Gasteiger partial charge is 0.347 e. The Morgan fingerprint density at radius 1 is 1.21 bits per heavy atom. The van der Waals surface area contributed by atoms with Gasteiger partial charge >= 0.3 is 5.97 Å². The molecule has 0 saturated carbocycles. The van der Waals surface area contributed by atoms with Crippen molar-refractivity contribution in [2.75, 3.05) is 13.2 Å². The van der Waals surface area contributed by atoms with E-state index < -0.39 is 6.10 Å². The van der Waals surface area contributed by atoms with Crippen LogP contribution in [0.15, 0.2) is 24.3 Å². The van der Waals surface area contributed by atoms with Crippen molar-refractivity contribution in [1.29, 1.82) is 0 Å². The minimum Gasteiger partial charge on any atom is -0.479 e. The summed E-state index contributed by atoms with van der Waals surface area (Å²) in [5.74, 6) is 0.391. The van der Waals surface area contributed by atoms with E-state index in [1.54, 1.807) is 6.92 Å². The van der Waals surface area contributed by atoms with Crippen LogP contribution in [0, 0.1) is 0 Å². The first-order valence-corrected chi connectivity index (χ1v) is 6.84.